The van der Waals surface area contributed by atoms with Crippen molar-refractivity contribution < 1.29 is 38.1 Å². The first-order chi connectivity index (χ1) is 18.2. The van der Waals surface area contributed by atoms with Crippen molar-refractivity contribution >= 4 is 30.1 Å². The van der Waals surface area contributed by atoms with Crippen LogP contribution in [0.15, 0.2) is 58.8 Å². The van der Waals surface area contributed by atoms with Gasteiger partial charge in [0.25, 0.3) is 5.91 Å². The maximum Gasteiger partial charge on any atom is 0.338 e. The third kappa shape index (κ3) is 7.32. The first kappa shape index (κ1) is 27.7. The third-order valence-corrected chi connectivity index (χ3v) is 5.17. The van der Waals surface area contributed by atoms with Gasteiger partial charge in [0.1, 0.15) is 5.75 Å². The van der Waals surface area contributed by atoms with Crippen molar-refractivity contribution in [3.63, 3.8) is 0 Å². The number of nitrogens with zero attached hydrogens (tertiary/aromatic N) is 1. The van der Waals surface area contributed by atoms with Crippen LogP contribution in [0.25, 0.3) is 0 Å². The molecule has 0 aromatic heterocycles. The van der Waals surface area contributed by atoms with E-state index in [4.69, 9.17) is 18.9 Å². The normalized spacial score (nSPS) is 14.8. The smallest absolute Gasteiger partial charge is 0.338 e. The number of rotatable bonds is 10. The van der Waals surface area contributed by atoms with E-state index in [-0.39, 0.29) is 30.3 Å². The molecule has 0 spiro atoms. The van der Waals surface area contributed by atoms with Gasteiger partial charge in [0.2, 0.25) is 0 Å². The maximum atomic E-state index is 12.5. The number of carbonyl (C=O) groups excluding carboxylic acids is 4. The second kappa shape index (κ2) is 12.9. The molecule has 1 heterocycles. The van der Waals surface area contributed by atoms with E-state index >= 15 is 0 Å². The van der Waals surface area contributed by atoms with Crippen molar-refractivity contribution in [1.29, 1.82) is 0 Å². The van der Waals surface area contributed by atoms with Gasteiger partial charge >= 0.3 is 18.0 Å². The van der Waals surface area contributed by atoms with Gasteiger partial charge in [-0.25, -0.2) is 15.0 Å². The van der Waals surface area contributed by atoms with Crippen LogP contribution in [0.2, 0.25) is 0 Å². The van der Waals surface area contributed by atoms with Crippen LogP contribution >= 0.6 is 0 Å². The van der Waals surface area contributed by atoms with Crippen molar-refractivity contribution in [2.24, 2.45) is 5.10 Å². The molecule has 2 aromatic carbocycles. The Morgan fingerprint density at radius 1 is 1.13 bits per heavy atom. The first-order valence-electron chi connectivity index (χ1n) is 11.6. The standard InChI is InChI=1S/C26H28N4O8/c1-5-36-25(33)23-15(2)28-26(34)29-24(23)18-9-10-20(21(12-18)35-4)37-14-22(32)30-27-13-17-7-6-8-19(11-17)38-16(3)31/h6-13,24H,5,14H2,1-4H3,(H,30,32)(H2,28,29,34)/b27-13+/t24-/m0/s1. The molecule has 0 aliphatic carbocycles. The summed E-state index contributed by atoms with van der Waals surface area (Å²) in [5.74, 6) is -0.623. The van der Waals surface area contributed by atoms with Crippen LogP contribution in [0.4, 0.5) is 4.79 Å². The minimum absolute atomic E-state index is 0.180. The summed E-state index contributed by atoms with van der Waals surface area (Å²) in [5.41, 5.74) is 4.15. The number of methoxy groups -OCH3 is 1. The largest absolute Gasteiger partial charge is 0.493 e. The maximum absolute atomic E-state index is 12.5. The molecule has 0 radical (unpaired) electrons. The lowest BCUT2D eigenvalue weighted by Crippen LogP contribution is -2.45. The summed E-state index contributed by atoms with van der Waals surface area (Å²) >= 11 is 0. The molecule has 200 valence electrons. The minimum Gasteiger partial charge on any atom is -0.493 e. The molecular formula is C26H28N4O8. The lowest BCUT2D eigenvalue weighted by atomic mass is 9.95. The van der Waals surface area contributed by atoms with Gasteiger partial charge in [-0.05, 0) is 49.2 Å². The minimum atomic E-state index is -0.775. The molecule has 38 heavy (non-hydrogen) atoms. The summed E-state index contributed by atoms with van der Waals surface area (Å²) in [6.07, 6.45) is 1.39. The van der Waals surface area contributed by atoms with Gasteiger partial charge in [0.15, 0.2) is 18.1 Å². The van der Waals surface area contributed by atoms with Gasteiger partial charge in [-0.2, -0.15) is 5.10 Å². The topological polar surface area (TPSA) is 154 Å². The molecule has 0 bridgehead atoms. The molecule has 1 aliphatic heterocycles. The highest BCUT2D eigenvalue weighted by atomic mass is 16.5. The first-order valence-corrected chi connectivity index (χ1v) is 11.6. The SMILES string of the molecule is CCOC(=O)C1=C(C)NC(=O)N[C@H]1c1ccc(OCC(=O)N/N=C/c2cccc(OC(C)=O)c2)c(OC)c1. The van der Waals surface area contributed by atoms with Crippen LogP contribution in [0, 0.1) is 0 Å². The molecule has 12 heteroatoms. The van der Waals surface area contributed by atoms with Crippen LogP contribution in [0.5, 0.6) is 17.2 Å². The number of hydrogen-bond acceptors (Lipinski definition) is 9. The molecule has 0 fully saturated rings. The van der Waals surface area contributed by atoms with Crippen molar-refractivity contribution in [2.75, 3.05) is 20.3 Å². The van der Waals surface area contributed by atoms with Crippen molar-refractivity contribution in [3.05, 3.63) is 64.9 Å². The predicted molar refractivity (Wildman–Crippen MR) is 136 cm³/mol. The molecule has 3 amide bonds. The fourth-order valence-electron chi connectivity index (χ4n) is 3.58. The van der Waals surface area contributed by atoms with E-state index in [1.807, 2.05) is 0 Å². The number of urea groups is 1. The second-order valence-corrected chi connectivity index (χ2v) is 7.95. The van der Waals surface area contributed by atoms with Gasteiger partial charge in [-0.1, -0.05) is 18.2 Å². The van der Waals surface area contributed by atoms with E-state index in [1.54, 1.807) is 56.3 Å². The van der Waals surface area contributed by atoms with Crippen LogP contribution in [0.1, 0.15) is 37.9 Å². The number of carbonyl (C=O) groups is 4. The fraction of sp³-hybridized carbons (Fsp3) is 0.269. The highest BCUT2D eigenvalue weighted by molar-refractivity contribution is 5.95. The molecule has 2 aromatic rings. The van der Waals surface area contributed by atoms with E-state index in [0.29, 0.717) is 22.6 Å². The third-order valence-electron chi connectivity index (χ3n) is 5.17. The van der Waals surface area contributed by atoms with Gasteiger partial charge in [0, 0.05) is 12.6 Å². The lowest BCUT2D eigenvalue weighted by Gasteiger charge is -2.28. The van der Waals surface area contributed by atoms with Gasteiger partial charge < -0.3 is 29.6 Å². The Hall–Kier alpha value is -4.87. The number of nitrogens with one attached hydrogen (secondary N) is 3. The van der Waals surface area contributed by atoms with Gasteiger partial charge in [0.05, 0.1) is 31.5 Å². The van der Waals surface area contributed by atoms with Crippen LogP contribution in [-0.4, -0.2) is 50.4 Å². The molecule has 0 saturated carbocycles. The molecule has 1 atom stereocenters. The lowest BCUT2D eigenvalue weighted by molar-refractivity contribution is -0.139. The van der Waals surface area contributed by atoms with E-state index in [1.165, 1.54) is 20.2 Å². The van der Waals surface area contributed by atoms with Crippen LogP contribution < -0.4 is 30.3 Å². The number of hydrazone groups is 1. The average molecular weight is 525 g/mol. The van der Waals surface area contributed by atoms with Gasteiger partial charge in [-0.15, -0.1) is 0 Å². The highest BCUT2D eigenvalue weighted by Gasteiger charge is 2.32. The van der Waals surface area contributed by atoms with Crippen LogP contribution in [-0.2, 0) is 19.1 Å². The molecule has 12 nitrogen and oxygen atoms in total. The number of ether oxygens (including phenoxy) is 4. The molecule has 1 aliphatic rings. The van der Waals surface area contributed by atoms with E-state index in [9.17, 15) is 19.2 Å². The Morgan fingerprint density at radius 2 is 1.92 bits per heavy atom. The molecular weight excluding hydrogens is 496 g/mol. The summed E-state index contributed by atoms with van der Waals surface area (Å²) in [5, 5.41) is 9.16. The number of allylic oxidation sites excluding steroid dienone is 1. The van der Waals surface area contributed by atoms with E-state index < -0.39 is 29.9 Å². The summed E-state index contributed by atoms with van der Waals surface area (Å²) < 4.78 is 21.1. The molecule has 3 rings (SSSR count). The summed E-state index contributed by atoms with van der Waals surface area (Å²) in [6, 6.07) is 10.2. The van der Waals surface area contributed by atoms with Crippen molar-refractivity contribution in [2.45, 2.75) is 26.8 Å². The Morgan fingerprint density at radius 3 is 2.63 bits per heavy atom. The van der Waals surface area contributed by atoms with Crippen molar-refractivity contribution in [1.82, 2.24) is 16.1 Å². The summed E-state index contributed by atoms with van der Waals surface area (Å²) in [4.78, 5) is 47.9. The Kier molecular flexibility index (Phi) is 9.41. The quantitative estimate of drug-likeness (QED) is 0.185. The summed E-state index contributed by atoms with van der Waals surface area (Å²) in [6.45, 7) is 4.42. The second-order valence-electron chi connectivity index (χ2n) is 7.95. The Balaban J connectivity index is 1.66. The zero-order chi connectivity index (χ0) is 27.7. The number of hydrogen-bond donors (Lipinski definition) is 3. The summed E-state index contributed by atoms with van der Waals surface area (Å²) in [7, 11) is 1.43. The molecule has 0 unspecified atom stereocenters. The number of benzene rings is 2. The Bertz CT molecular complexity index is 1290. The van der Waals surface area contributed by atoms with E-state index in [0.717, 1.165) is 0 Å². The molecule has 0 saturated heterocycles. The monoisotopic (exact) mass is 524 g/mol. The van der Waals surface area contributed by atoms with Crippen molar-refractivity contribution in [3.8, 4) is 17.2 Å². The average Bonchev–Trinajstić information content (AvgIpc) is 2.86. The Labute approximate surface area is 219 Å². The van der Waals surface area contributed by atoms with Gasteiger partial charge in [-0.3, -0.25) is 9.59 Å². The highest BCUT2D eigenvalue weighted by Crippen LogP contribution is 2.34. The number of esters is 2. The molecule has 3 N–H and O–H groups in total. The number of amides is 3. The van der Waals surface area contributed by atoms with E-state index in [2.05, 4.69) is 21.2 Å². The zero-order valence-electron chi connectivity index (χ0n) is 21.3. The van der Waals surface area contributed by atoms with Crippen LogP contribution in [0.3, 0.4) is 0 Å². The zero-order valence-corrected chi connectivity index (χ0v) is 21.3. The fourth-order valence-corrected chi connectivity index (χ4v) is 3.58. The predicted octanol–water partition coefficient (Wildman–Crippen LogP) is 2.34.